The van der Waals surface area contributed by atoms with Gasteiger partial charge in [-0.15, -0.1) is 0 Å². The minimum absolute atomic E-state index is 0.0365. The van der Waals surface area contributed by atoms with Gasteiger partial charge in [0.25, 0.3) is 0 Å². The van der Waals surface area contributed by atoms with Crippen molar-refractivity contribution in [2.75, 3.05) is 6.61 Å². The molecule has 0 aliphatic heterocycles. The van der Waals surface area contributed by atoms with Gasteiger partial charge in [0, 0.05) is 29.5 Å². The Labute approximate surface area is 115 Å². The molecule has 0 bridgehead atoms. The number of ether oxygens (including phenoxy) is 1. The third-order valence-corrected chi connectivity index (χ3v) is 4.73. The smallest absolute Gasteiger partial charge is 0.242 e. The van der Waals surface area contributed by atoms with Crippen molar-refractivity contribution >= 4 is 26.0 Å². The fourth-order valence-electron chi connectivity index (χ4n) is 1.86. The van der Waals surface area contributed by atoms with Crippen LogP contribution in [0.3, 0.4) is 0 Å². The van der Waals surface area contributed by atoms with Crippen LogP contribution in [0.1, 0.15) is 19.8 Å². The maximum absolute atomic E-state index is 12.0. The Morgan fingerprint density at radius 3 is 2.83 bits per heavy atom. The van der Waals surface area contributed by atoms with Crippen LogP contribution in [0, 0.1) is 0 Å². The number of hydrogen-bond donors (Lipinski definition) is 1. The number of nitrogens with one attached hydrogen (secondary N) is 1. The molecule has 5 nitrogen and oxygen atoms in total. The lowest BCUT2D eigenvalue weighted by molar-refractivity contribution is -0.00475. The topological polar surface area (TPSA) is 68.3 Å². The predicted octanol–water partition coefficient (Wildman–Crippen LogP) is 1.69. The molecule has 1 aromatic rings. The number of rotatable bonds is 5. The van der Waals surface area contributed by atoms with Crippen LogP contribution in [0.25, 0.3) is 0 Å². The van der Waals surface area contributed by atoms with Gasteiger partial charge in [-0.3, -0.25) is 4.98 Å². The molecule has 7 heteroatoms. The average molecular weight is 335 g/mol. The van der Waals surface area contributed by atoms with Crippen molar-refractivity contribution in [1.29, 1.82) is 0 Å². The first kappa shape index (κ1) is 13.9. The Morgan fingerprint density at radius 2 is 2.22 bits per heavy atom. The zero-order valence-electron chi connectivity index (χ0n) is 9.97. The van der Waals surface area contributed by atoms with Crippen LogP contribution in [-0.2, 0) is 14.8 Å². The fraction of sp³-hybridized carbons (Fsp3) is 0.545. The van der Waals surface area contributed by atoms with E-state index in [0.29, 0.717) is 11.1 Å². The molecule has 0 aromatic carbocycles. The molecule has 0 atom stereocenters. The molecule has 18 heavy (non-hydrogen) atoms. The summed E-state index contributed by atoms with van der Waals surface area (Å²) in [4.78, 5) is 4.03. The molecule has 0 spiro atoms. The first-order valence-corrected chi connectivity index (χ1v) is 8.03. The van der Waals surface area contributed by atoms with Gasteiger partial charge in [-0.25, -0.2) is 13.1 Å². The Kier molecular flexibility index (Phi) is 4.37. The zero-order chi connectivity index (χ0) is 13.2. The van der Waals surface area contributed by atoms with E-state index in [-0.39, 0.29) is 17.0 Å². The van der Waals surface area contributed by atoms with E-state index in [1.165, 1.54) is 12.3 Å². The summed E-state index contributed by atoms with van der Waals surface area (Å²) in [6.45, 7) is 2.60. The molecule has 0 unspecified atom stereocenters. The summed E-state index contributed by atoms with van der Waals surface area (Å²) in [5.41, 5.74) is 0. The molecule has 1 aliphatic rings. The lowest BCUT2D eigenvalue weighted by Crippen LogP contribution is -2.47. The van der Waals surface area contributed by atoms with Gasteiger partial charge in [0.05, 0.1) is 6.10 Å². The number of nitrogens with zero attached hydrogens (tertiary/aromatic N) is 1. The van der Waals surface area contributed by atoms with Crippen LogP contribution in [-0.4, -0.2) is 32.2 Å². The number of halogens is 1. The SMILES string of the molecule is CCOC1CC(NS(=O)(=O)c2cncc(Br)c2)C1. The highest BCUT2D eigenvalue weighted by Crippen LogP contribution is 2.25. The van der Waals surface area contributed by atoms with Crippen LogP contribution < -0.4 is 4.72 Å². The summed E-state index contributed by atoms with van der Waals surface area (Å²) in [6, 6.07) is 1.50. The fourth-order valence-corrected chi connectivity index (χ4v) is 3.63. The van der Waals surface area contributed by atoms with E-state index in [4.69, 9.17) is 4.74 Å². The van der Waals surface area contributed by atoms with Gasteiger partial charge in [-0.05, 0) is 41.8 Å². The normalized spacial score (nSPS) is 23.7. The maximum atomic E-state index is 12.0. The van der Waals surface area contributed by atoms with E-state index in [9.17, 15) is 8.42 Å². The first-order chi connectivity index (χ1) is 8.51. The summed E-state index contributed by atoms with van der Waals surface area (Å²) in [6.07, 6.45) is 4.53. The van der Waals surface area contributed by atoms with Crippen molar-refractivity contribution in [3.63, 3.8) is 0 Å². The molecule has 1 saturated carbocycles. The lowest BCUT2D eigenvalue weighted by Gasteiger charge is -2.34. The summed E-state index contributed by atoms with van der Waals surface area (Å²) >= 11 is 3.21. The first-order valence-electron chi connectivity index (χ1n) is 5.75. The quantitative estimate of drug-likeness (QED) is 0.889. The van der Waals surface area contributed by atoms with Gasteiger partial charge in [-0.1, -0.05) is 0 Å². The minimum atomic E-state index is -3.48. The molecule has 1 heterocycles. The Bertz CT molecular complexity index is 515. The van der Waals surface area contributed by atoms with Crippen LogP contribution in [0.4, 0.5) is 0 Å². The van der Waals surface area contributed by atoms with Crippen LogP contribution >= 0.6 is 15.9 Å². The molecule has 1 aromatic heterocycles. The molecule has 1 fully saturated rings. The highest BCUT2D eigenvalue weighted by atomic mass is 79.9. The van der Waals surface area contributed by atoms with Gasteiger partial charge >= 0.3 is 0 Å². The second kappa shape index (κ2) is 5.64. The molecule has 0 radical (unpaired) electrons. The molecule has 100 valence electrons. The van der Waals surface area contributed by atoms with Crippen molar-refractivity contribution in [1.82, 2.24) is 9.71 Å². The van der Waals surface area contributed by atoms with Crippen molar-refractivity contribution in [3.8, 4) is 0 Å². The van der Waals surface area contributed by atoms with Gasteiger partial charge in [0.15, 0.2) is 0 Å². The summed E-state index contributed by atoms with van der Waals surface area (Å²) in [5, 5.41) is 0. The van der Waals surface area contributed by atoms with Crippen molar-refractivity contribution < 1.29 is 13.2 Å². The zero-order valence-corrected chi connectivity index (χ0v) is 12.4. The number of sulfonamides is 1. The Morgan fingerprint density at radius 1 is 1.50 bits per heavy atom. The number of aromatic nitrogens is 1. The van der Waals surface area contributed by atoms with Crippen molar-refractivity contribution in [2.45, 2.75) is 36.8 Å². The van der Waals surface area contributed by atoms with Gasteiger partial charge in [0.2, 0.25) is 10.0 Å². The molecular formula is C11H15BrN2O3S. The molecule has 0 saturated heterocycles. The molecule has 1 N–H and O–H groups in total. The highest BCUT2D eigenvalue weighted by molar-refractivity contribution is 9.10. The van der Waals surface area contributed by atoms with E-state index < -0.39 is 10.0 Å². The number of pyridine rings is 1. The summed E-state index contributed by atoms with van der Waals surface area (Å²) < 4.78 is 32.8. The van der Waals surface area contributed by atoms with Gasteiger partial charge < -0.3 is 4.74 Å². The van der Waals surface area contributed by atoms with Gasteiger partial charge in [-0.2, -0.15) is 0 Å². The number of hydrogen-bond acceptors (Lipinski definition) is 4. The van der Waals surface area contributed by atoms with E-state index >= 15 is 0 Å². The van der Waals surface area contributed by atoms with E-state index in [1.807, 2.05) is 6.92 Å². The molecule has 2 rings (SSSR count). The third-order valence-electron chi connectivity index (χ3n) is 2.81. The highest BCUT2D eigenvalue weighted by Gasteiger charge is 2.33. The van der Waals surface area contributed by atoms with E-state index in [2.05, 4.69) is 25.6 Å². The second-order valence-electron chi connectivity index (χ2n) is 4.21. The predicted molar refractivity (Wildman–Crippen MR) is 70.7 cm³/mol. The summed E-state index contributed by atoms with van der Waals surface area (Å²) in [7, 11) is -3.48. The average Bonchev–Trinajstić information content (AvgIpc) is 2.26. The standard InChI is InChI=1S/C11H15BrN2O3S/c1-2-17-10-4-9(5-10)14-18(15,16)11-3-8(12)6-13-7-11/h3,6-7,9-10,14H,2,4-5H2,1H3. The van der Waals surface area contributed by atoms with Crippen molar-refractivity contribution in [2.24, 2.45) is 0 Å². The maximum Gasteiger partial charge on any atom is 0.242 e. The van der Waals surface area contributed by atoms with Crippen LogP contribution in [0.5, 0.6) is 0 Å². The minimum Gasteiger partial charge on any atom is -0.378 e. The summed E-state index contributed by atoms with van der Waals surface area (Å²) in [5.74, 6) is 0. The molecule has 0 amide bonds. The second-order valence-corrected chi connectivity index (χ2v) is 6.84. The van der Waals surface area contributed by atoms with E-state index in [0.717, 1.165) is 12.8 Å². The monoisotopic (exact) mass is 334 g/mol. The third kappa shape index (κ3) is 3.28. The van der Waals surface area contributed by atoms with E-state index in [1.54, 1.807) is 6.20 Å². The van der Waals surface area contributed by atoms with Gasteiger partial charge in [0.1, 0.15) is 4.90 Å². The molecule has 1 aliphatic carbocycles. The van der Waals surface area contributed by atoms with Crippen molar-refractivity contribution in [3.05, 3.63) is 22.9 Å². The largest absolute Gasteiger partial charge is 0.378 e. The molecular weight excluding hydrogens is 320 g/mol. The Balaban J connectivity index is 1.97. The van der Waals surface area contributed by atoms with Crippen LogP contribution in [0.2, 0.25) is 0 Å². The lowest BCUT2D eigenvalue weighted by atomic mass is 9.90. The van der Waals surface area contributed by atoms with Crippen LogP contribution in [0.15, 0.2) is 27.8 Å². The Hall–Kier alpha value is -0.500.